The standard InChI is InChI=1S/C11H10BrF3N2O2/c12-8-4-7(17-5-6(16)3-10(17)18)1-2-9(8)19-11(13,14)15/h1-2,4,6H,3,5,16H2. The van der Waals surface area contributed by atoms with Crippen LogP contribution in [0.5, 0.6) is 5.75 Å². The van der Waals surface area contributed by atoms with Crippen LogP contribution in [0.3, 0.4) is 0 Å². The Kier molecular flexibility index (Phi) is 3.73. The molecular weight excluding hydrogens is 329 g/mol. The van der Waals surface area contributed by atoms with E-state index in [1.165, 1.54) is 17.0 Å². The Morgan fingerprint density at radius 2 is 2.11 bits per heavy atom. The molecule has 1 aromatic carbocycles. The van der Waals surface area contributed by atoms with E-state index in [9.17, 15) is 18.0 Å². The average molecular weight is 339 g/mol. The number of alkyl halides is 3. The molecule has 0 spiro atoms. The molecule has 0 aliphatic carbocycles. The van der Waals surface area contributed by atoms with Gasteiger partial charge in [-0.05, 0) is 34.1 Å². The summed E-state index contributed by atoms with van der Waals surface area (Å²) >= 11 is 2.99. The van der Waals surface area contributed by atoms with Crippen molar-refractivity contribution in [1.29, 1.82) is 0 Å². The summed E-state index contributed by atoms with van der Waals surface area (Å²) in [4.78, 5) is 13.1. The molecule has 2 rings (SSSR count). The van der Waals surface area contributed by atoms with Gasteiger partial charge in [-0.15, -0.1) is 13.2 Å². The maximum Gasteiger partial charge on any atom is 0.573 e. The quantitative estimate of drug-likeness (QED) is 0.900. The summed E-state index contributed by atoms with van der Waals surface area (Å²) in [7, 11) is 0. The van der Waals surface area contributed by atoms with Gasteiger partial charge in [-0.3, -0.25) is 4.79 Å². The summed E-state index contributed by atoms with van der Waals surface area (Å²) in [6, 6.07) is 3.69. The summed E-state index contributed by atoms with van der Waals surface area (Å²) in [5.74, 6) is -0.504. The van der Waals surface area contributed by atoms with Crippen LogP contribution in [0.25, 0.3) is 0 Å². The van der Waals surface area contributed by atoms with Crippen LogP contribution in [0.15, 0.2) is 22.7 Å². The fourth-order valence-corrected chi connectivity index (χ4v) is 2.30. The first-order valence-electron chi connectivity index (χ1n) is 5.37. The molecule has 1 saturated heterocycles. The van der Waals surface area contributed by atoms with E-state index in [4.69, 9.17) is 5.73 Å². The SMILES string of the molecule is NC1CC(=O)N(c2ccc(OC(F)(F)F)c(Br)c2)C1. The molecule has 104 valence electrons. The number of nitrogens with two attached hydrogens (primary N) is 1. The fraction of sp³-hybridized carbons (Fsp3) is 0.364. The molecule has 1 fully saturated rings. The van der Waals surface area contributed by atoms with Crippen molar-refractivity contribution in [3.63, 3.8) is 0 Å². The minimum atomic E-state index is -4.75. The fourth-order valence-electron chi connectivity index (χ4n) is 1.85. The molecule has 4 nitrogen and oxygen atoms in total. The molecule has 1 amide bonds. The molecule has 1 aliphatic heterocycles. The molecule has 0 saturated carbocycles. The normalized spacial score (nSPS) is 19.9. The highest BCUT2D eigenvalue weighted by molar-refractivity contribution is 9.10. The van der Waals surface area contributed by atoms with Gasteiger partial charge in [0.2, 0.25) is 5.91 Å². The van der Waals surface area contributed by atoms with E-state index in [0.717, 1.165) is 6.07 Å². The number of amides is 1. The molecular formula is C11H10BrF3N2O2. The summed E-state index contributed by atoms with van der Waals surface area (Å²) in [5.41, 5.74) is 6.14. The highest BCUT2D eigenvalue weighted by Gasteiger charge is 2.33. The van der Waals surface area contributed by atoms with Gasteiger partial charge in [0.15, 0.2) is 0 Å². The number of benzene rings is 1. The smallest absolute Gasteiger partial charge is 0.405 e. The maximum absolute atomic E-state index is 12.1. The molecule has 1 unspecified atom stereocenters. The lowest BCUT2D eigenvalue weighted by Crippen LogP contribution is -2.28. The van der Waals surface area contributed by atoms with E-state index in [1.54, 1.807) is 0 Å². The van der Waals surface area contributed by atoms with E-state index in [1.807, 2.05) is 0 Å². The highest BCUT2D eigenvalue weighted by Crippen LogP contribution is 2.34. The Bertz CT molecular complexity index is 507. The van der Waals surface area contributed by atoms with Crippen molar-refractivity contribution < 1.29 is 22.7 Å². The number of carbonyl (C=O) groups is 1. The first kappa shape index (κ1) is 14.1. The van der Waals surface area contributed by atoms with Crippen molar-refractivity contribution >= 4 is 27.5 Å². The number of hydrogen-bond donors (Lipinski definition) is 1. The minimum absolute atomic E-state index is 0.121. The van der Waals surface area contributed by atoms with Gasteiger partial charge in [-0.1, -0.05) is 0 Å². The molecule has 1 aliphatic rings. The van der Waals surface area contributed by atoms with Crippen molar-refractivity contribution in [3.05, 3.63) is 22.7 Å². The first-order valence-corrected chi connectivity index (χ1v) is 6.17. The van der Waals surface area contributed by atoms with Crippen molar-refractivity contribution in [2.24, 2.45) is 5.73 Å². The maximum atomic E-state index is 12.1. The second kappa shape index (κ2) is 5.01. The zero-order valence-corrected chi connectivity index (χ0v) is 11.2. The Hall–Kier alpha value is -1.28. The largest absolute Gasteiger partial charge is 0.573 e. The third-order valence-electron chi connectivity index (χ3n) is 2.61. The summed E-state index contributed by atoms with van der Waals surface area (Å²) in [6.07, 6.45) is -4.52. The molecule has 1 atom stereocenters. The van der Waals surface area contributed by atoms with Gasteiger partial charge in [-0.2, -0.15) is 0 Å². The van der Waals surface area contributed by atoms with Crippen molar-refractivity contribution in [2.45, 2.75) is 18.8 Å². The van der Waals surface area contributed by atoms with Gasteiger partial charge in [0.05, 0.1) is 4.47 Å². The molecule has 0 radical (unpaired) electrons. The van der Waals surface area contributed by atoms with Crippen molar-refractivity contribution in [2.75, 3.05) is 11.4 Å². The Morgan fingerprint density at radius 3 is 2.58 bits per heavy atom. The Labute approximate surface area is 115 Å². The average Bonchev–Trinajstić information content (AvgIpc) is 2.59. The number of hydrogen-bond acceptors (Lipinski definition) is 3. The van der Waals surface area contributed by atoms with Crippen LogP contribution >= 0.6 is 15.9 Å². The van der Waals surface area contributed by atoms with E-state index in [0.29, 0.717) is 12.2 Å². The zero-order valence-electron chi connectivity index (χ0n) is 9.58. The van der Waals surface area contributed by atoms with Gasteiger partial charge in [0.1, 0.15) is 5.75 Å². The lowest BCUT2D eigenvalue weighted by atomic mass is 10.3. The molecule has 0 aromatic heterocycles. The molecule has 1 aromatic rings. The lowest BCUT2D eigenvalue weighted by molar-refractivity contribution is -0.274. The van der Waals surface area contributed by atoms with Gasteiger partial charge in [0.25, 0.3) is 0 Å². The predicted octanol–water partition coefficient (Wildman–Crippen LogP) is 2.41. The van der Waals surface area contributed by atoms with Gasteiger partial charge in [-0.25, -0.2) is 0 Å². The topological polar surface area (TPSA) is 55.6 Å². The molecule has 0 bridgehead atoms. The Morgan fingerprint density at radius 1 is 1.42 bits per heavy atom. The van der Waals surface area contributed by atoms with Crippen LogP contribution in [0.4, 0.5) is 18.9 Å². The number of carbonyl (C=O) groups excluding carboxylic acids is 1. The van der Waals surface area contributed by atoms with E-state index in [2.05, 4.69) is 20.7 Å². The summed E-state index contributed by atoms with van der Waals surface area (Å²) in [6.45, 7) is 0.352. The van der Waals surface area contributed by atoms with Gasteiger partial charge in [0, 0.05) is 24.7 Å². The zero-order chi connectivity index (χ0) is 14.2. The number of ether oxygens (including phenoxy) is 1. The van der Waals surface area contributed by atoms with E-state index in [-0.39, 0.29) is 28.6 Å². The van der Waals surface area contributed by atoms with Crippen molar-refractivity contribution in [3.8, 4) is 5.75 Å². The molecule has 8 heteroatoms. The third kappa shape index (κ3) is 3.38. The molecule has 1 heterocycles. The molecule has 2 N–H and O–H groups in total. The monoisotopic (exact) mass is 338 g/mol. The number of anilines is 1. The minimum Gasteiger partial charge on any atom is -0.405 e. The van der Waals surface area contributed by atoms with Crippen LogP contribution in [-0.4, -0.2) is 24.9 Å². The predicted molar refractivity (Wildman–Crippen MR) is 65.8 cm³/mol. The van der Waals surface area contributed by atoms with Crippen LogP contribution in [0.1, 0.15) is 6.42 Å². The van der Waals surface area contributed by atoms with Crippen LogP contribution in [-0.2, 0) is 4.79 Å². The second-order valence-corrected chi connectivity index (χ2v) is 4.99. The molecule has 19 heavy (non-hydrogen) atoms. The van der Waals surface area contributed by atoms with E-state index < -0.39 is 6.36 Å². The second-order valence-electron chi connectivity index (χ2n) is 4.13. The Balaban J connectivity index is 2.22. The first-order chi connectivity index (χ1) is 8.76. The van der Waals surface area contributed by atoms with Crippen LogP contribution in [0, 0.1) is 0 Å². The summed E-state index contributed by atoms with van der Waals surface area (Å²) in [5, 5.41) is 0. The van der Waals surface area contributed by atoms with Crippen molar-refractivity contribution in [1.82, 2.24) is 0 Å². The van der Waals surface area contributed by atoms with Gasteiger partial charge >= 0.3 is 6.36 Å². The van der Waals surface area contributed by atoms with E-state index >= 15 is 0 Å². The number of nitrogens with zero attached hydrogens (tertiary/aromatic N) is 1. The third-order valence-corrected chi connectivity index (χ3v) is 3.23. The lowest BCUT2D eigenvalue weighted by Gasteiger charge is -2.18. The number of rotatable bonds is 2. The highest BCUT2D eigenvalue weighted by atomic mass is 79.9. The summed E-state index contributed by atoms with van der Waals surface area (Å²) < 4.78 is 40.3. The van der Waals surface area contributed by atoms with Crippen LogP contribution in [0.2, 0.25) is 0 Å². The van der Waals surface area contributed by atoms with Crippen LogP contribution < -0.4 is 15.4 Å². The number of halogens is 4. The van der Waals surface area contributed by atoms with Gasteiger partial charge < -0.3 is 15.4 Å².